The van der Waals surface area contributed by atoms with Crippen molar-refractivity contribution < 1.29 is 19.5 Å². The van der Waals surface area contributed by atoms with Gasteiger partial charge in [0.15, 0.2) is 17.2 Å². The Bertz CT molecular complexity index is 756. The molecule has 0 bridgehead atoms. The number of ketones is 1. The van der Waals surface area contributed by atoms with E-state index in [0.29, 0.717) is 35.8 Å². The van der Waals surface area contributed by atoms with Gasteiger partial charge in [-0.3, -0.25) is 9.78 Å². The maximum absolute atomic E-state index is 12.6. The third-order valence-corrected chi connectivity index (χ3v) is 3.29. The number of hydrogen-bond acceptors (Lipinski definition) is 6. The van der Waals surface area contributed by atoms with E-state index in [1.807, 2.05) is 0 Å². The second-order valence-corrected chi connectivity index (χ2v) is 4.82. The monoisotopic (exact) mass is 298 g/mol. The van der Waals surface area contributed by atoms with Gasteiger partial charge in [-0.2, -0.15) is 0 Å². The third kappa shape index (κ3) is 2.63. The maximum atomic E-state index is 12.6. The van der Waals surface area contributed by atoms with Crippen LogP contribution in [0.1, 0.15) is 21.6 Å². The van der Waals surface area contributed by atoms with E-state index in [1.165, 1.54) is 0 Å². The Morgan fingerprint density at radius 2 is 1.91 bits per heavy atom. The standard InChI is InChI=1S/C16H14N2O4/c1-10-8-11(4-5-17-10)15(18-20)16(19)12-2-3-13-14(9-12)22-7-6-21-13/h2-5,8-9,20H,6-7H2,1H3/b18-15+. The Labute approximate surface area is 127 Å². The van der Waals surface area contributed by atoms with Gasteiger partial charge in [0, 0.05) is 23.0 Å². The van der Waals surface area contributed by atoms with Gasteiger partial charge in [0.05, 0.1) is 0 Å². The van der Waals surface area contributed by atoms with E-state index >= 15 is 0 Å². The Morgan fingerprint density at radius 3 is 2.64 bits per heavy atom. The highest BCUT2D eigenvalue weighted by Gasteiger charge is 2.20. The number of pyridine rings is 1. The van der Waals surface area contributed by atoms with E-state index in [0.717, 1.165) is 5.69 Å². The molecule has 0 saturated carbocycles. The zero-order valence-electron chi connectivity index (χ0n) is 11.9. The molecule has 0 spiro atoms. The molecule has 0 amide bonds. The molecule has 1 aliphatic heterocycles. The summed E-state index contributed by atoms with van der Waals surface area (Å²) >= 11 is 0. The van der Waals surface area contributed by atoms with Crippen molar-refractivity contribution in [3.63, 3.8) is 0 Å². The predicted octanol–water partition coefficient (Wildman–Crippen LogP) is 2.22. The number of oxime groups is 1. The summed E-state index contributed by atoms with van der Waals surface area (Å²) in [6, 6.07) is 8.20. The average Bonchev–Trinajstić information content (AvgIpc) is 2.55. The number of carbonyl (C=O) groups is 1. The number of hydrogen-bond donors (Lipinski definition) is 1. The van der Waals surface area contributed by atoms with Crippen LogP contribution in [0.3, 0.4) is 0 Å². The van der Waals surface area contributed by atoms with E-state index < -0.39 is 5.78 Å². The zero-order valence-corrected chi connectivity index (χ0v) is 11.9. The molecule has 2 heterocycles. The summed E-state index contributed by atoms with van der Waals surface area (Å²) in [7, 11) is 0. The van der Waals surface area contributed by atoms with E-state index in [2.05, 4.69) is 10.1 Å². The predicted molar refractivity (Wildman–Crippen MR) is 79.1 cm³/mol. The van der Waals surface area contributed by atoms with Crippen LogP contribution in [0, 0.1) is 6.92 Å². The summed E-state index contributed by atoms with van der Waals surface area (Å²) in [4.78, 5) is 16.6. The number of ether oxygens (including phenoxy) is 2. The van der Waals surface area contributed by atoms with Crippen LogP contribution >= 0.6 is 0 Å². The fraction of sp³-hybridized carbons (Fsp3) is 0.188. The van der Waals surface area contributed by atoms with Crippen molar-refractivity contribution in [1.82, 2.24) is 4.98 Å². The van der Waals surface area contributed by atoms with Crippen molar-refractivity contribution in [2.75, 3.05) is 13.2 Å². The summed E-state index contributed by atoms with van der Waals surface area (Å²) in [5, 5.41) is 12.4. The van der Waals surface area contributed by atoms with E-state index in [4.69, 9.17) is 9.47 Å². The smallest absolute Gasteiger partial charge is 0.215 e. The SMILES string of the molecule is Cc1cc(/C(=N\O)C(=O)c2ccc3c(c2)OCCO3)ccn1. The molecule has 0 unspecified atom stereocenters. The molecule has 6 heteroatoms. The molecule has 112 valence electrons. The first-order chi connectivity index (χ1) is 10.7. The van der Waals surface area contributed by atoms with Crippen LogP contribution in [0.4, 0.5) is 0 Å². The molecule has 0 radical (unpaired) electrons. The lowest BCUT2D eigenvalue weighted by Crippen LogP contribution is -2.18. The van der Waals surface area contributed by atoms with Gasteiger partial charge in [0.25, 0.3) is 0 Å². The van der Waals surface area contributed by atoms with Gasteiger partial charge in [0.1, 0.15) is 13.2 Å². The van der Waals surface area contributed by atoms with Crippen LogP contribution in [0.2, 0.25) is 0 Å². The number of aromatic nitrogens is 1. The molecule has 1 aliphatic rings. The molecule has 1 N–H and O–H groups in total. The number of benzene rings is 1. The first-order valence-corrected chi connectivity index (χ1v) is 6.78. The van der Waals surface area contributed by atoms with Gasteiger partial charge in [-0.15, -0.1) is 0 Å². The minimum absolute atomic E-state index is 0.0397. The quantitative estimate of drug-likeness (QED) is 0.407. The molecule has 1 aromatic heterocycles. The summed E-state index contributed by atoms with van der Waals surface area (Å²) < 4.78 is 10.9. The maximum Gasteiger partial charge on any atom is 0.215 e. The van der Waals surface area contributed by atoms with Crippen LogP contribution in [0.5, 0.6) is 11.5 Å². The van der Waals surface area contributed by atoms with Crippen molar-refractivity contribution in [3.8, 4) is 11.5 Å². The zero-order chi connectivity index (χ0) is 15.5. The Hall–Kier alpha value is -2.89. The van der Waals surface area contributed by atoms with Crippen molar-refractivity contribution in [1.29, 1.82) is 0 Å². The molecule has 6 nitrogen and oxygen atoms in total. The number of aryl methyl sites for hydroxylation is 1. The van der Waals surface area contributed by atoms with Crippen molar-refractivity contribution in [3.05, 3.63) is 53.3 Å². The van der Waals surface area contributed by atoms with Gasteiger partial charge in [-0.05, 0) is 37.3 Å². The van der Waals surface area contributed by atoms with E-state index in [9.17, 15) is 10.0 Å². The first kappa shape index (κ1) is 14.1. The number of nitrogens with zero attached hydrogens (tertiary/aromatic N) is 2. The molecule has 0 atom stereocenters. The van der Waals surface area contributed by atoms with Crippen LogP contribution < -0.4 is 9.47 Å². The number of Topliss-reactive ketones (excluding diaryl/α,β-unsaturated/α-hetero) is 1. The van der Waals surface area contributed by atoms with Crippen LogP contribution in [0.15, 0.2) is 41.7 Å². The molecule has 0 saturated heterocycles. The molecular weight excluding hydrogens is 284 g/mol. The van der Waals surface area contributed by atoms with Gasteiger partial charge < -0.3 is 14.7 Å². The number of rotatable bonds is 3. The minimum atomic E-state index is -0.398. The Balaban J connectivity index is 1.95. The molecule has 3 rings (SSSR count). The number of carbonyl (C=O) groups excluding carboxylic acids is 1. The largest absolute Gasteiger partial charge is 0.486 e. The highest BCUT2D eigenvalue weighted by Crippen LogP contribution is 2.31. The Kier molecular flexibility index (Phi) is 3.74. The second-order valence-electron chi connectivity index (χ2n) is 4.82. The second kappa shape index (κ2) is 5.85. The first-order valence-electron chi connectivity index (χ1n) is 6.78. The van der Waals surface area contributed by atoms with Gasteiger partial charge in [0.2, 0.25) is 5.78 Å². The van der Waals surface area contributed by atoms with Crippen LogP contribution in [-0.4, -0.2) is 34.9 Å². The normalized spacial score (nSPS) is 13.8. The highest BCUT2D eigenvalue weighted by atomic mass is 16.6. The van der Waals surface area contributed by atoms with Crippen molar-refractivity contribution >= 4 is 11.5 Å². The minimum Gasteiger partial charge on any atom is -0.486 e. The fourth-order valence-electron chi connectivity index (χ4n) is 2.25. The summed E-state index contributed by atoms with van der Waals surface area (Å²) in [5.41, 5.74) is 1.57. The van der Waals surface area contributed by atoms with Crippen molar-refractivity contribution in [2.45, 2.75) is 6.92 Å². The molecule has 0 fully saturated rings. The van der Waals surface area contributed by atoms with Crippen LogP contribution in [0.25, 0.3) is 0 Å². The molecule has 2 aromatic rings. The molecule has 0 aliphatic carbocycles. The lowest BCUT2D eigenvalue weighted by atomic mass is 10.0. The Morgan fingerprint density at radius 1 is 1.14 bits per heavy atom. The molecule has 22 heavy (non-hydrogen) atoms. The topological polar surface area (TPSA) is 81.0 Å². The lowest BCUT2D eigenvalue weighted by Gasteiger charge is -2.18. The molecule has 1 aromatic carbocycles. The van der Waals surface area contributed by atoms with Gasteiger partial charge in [-0.25, -0.2) is 0 Å². The summed E-state index contributed by atoms with van der Waals surface area (Å²) in [6.07, 6.45) is 1.56. The lowest BCUT2D eigenvalue weighted by molar-refractivity contribution is 0.106. The van der Waals surface area contributed by atoms with E-state index in [1.54, 1.807) is 43.5 Å². The van der Waals surface area contributed by atoms with Gasteiger partial charge >= 0.3 is 0 Å². The molecular formula is C16H14N2O4. The summed E-state index contributed by atoms with van der Waals surface area (Å²) in [5.74, 6) is 0.718. The fourth-order valence-corrected chi connectivity index (χ4v) is 2.25. The van der Waals surface area contributed by atoms with E-state index in [-0.39, 0.29) is 5.71 Å². The third-order valence-electron chi connectivity index (χ3n) is 3.29. The highest BCUT2D eigenvalue weighted by molar-refractivity contribution is 6.51. The number of fused-ring (bicyclic) bond motifs is 1. The van der Waals surface area contributed by atoms with Crippen molar-refractivity contribution in [2.24, 2.45) is 5.16 Å². The average molecular weight is 298 g/mol. The summed E-state index contributed by atoms with van der Waals surface area (Å²) in [6.45, 7) is 2.72. The van der Waals surface area contributed by atoms with Gasteiger partial charge in [-0.1, -0.05) is 5.16 Å². The van der Waals surface area contributed by atoms with Crippen LogP contribution in [-0.2, 0) is 0 Å².